The molecule has 0 N–H and O–H groups in total. The molecule has 6 heteroatoms. The molecular weight excluding hydrogens is 366 g/mol. The number of hydrogen-bond acceptors (Lipinski definition) is 5. The molecule has 0 aliphatic carbocycles. The molecule has 0 atom stereocenters. The van der Waals surface area contributed by atoms with Crippen molar-refractivity contribution in [2.24, 2.45) is 0 Å². The predicted octanol–water partition coefficient (Wildman–Crippen LogP) is 5.11. The first-order valence-electron chi connectivity index (χ1n) is 8.70. The Morgan fingerprint density at radius 2 is 2.04 bits per heavy atom. The van der Waals surface area contributed by atoms with Crippen LogP contribution in [0.4, 0.5) is 0 Å². The number of methoxy groups -OCH3 is 1. The van der Waals surface area contributed by atoms with Gasteiger partial charge in [0, 0.05) is 0 Å². The van der Waals surface area contributed by atoms with Gasteiger partial charge in [-0.25, -0.2) is 9.78 Å². The van der Waals surface area contributed by atoms with E-state index in [0.29, 0.717) is 29.0 Å². The van der Waals surface area contributed by atoms with E-state index in [1.165, 1.54) is 0 Å². The smallest absolute Gasteiger partial charge is 0.347 e. The molecule has 27 heavy (non-hydrogen) atoms. The minimum atomic E-state index is -0.473. The fourth-order valence-electron chi connectivity index (χ4n) is 2.55. The molecule has 0 spiro atoms. The van der Waals surface area contributed by atoms with Gasteiger partial charge in [0.2, 0.25) is 5.89 Å². The molecule has 0 saturated carbocycles. The van der Waals surface area contributed by atoms with Crippen molar-refractivity contribution in [3.8, 4) is 11.5 Å². The van der Waals surface area contributed by atoms with Crippen LogP contribution < -0.4 is 15.1 Å². The second-order valence-corrected chi connectivity index (χ2v) is 6.34. The molecule has 0 saturated heterocycles. The minimum absolute atomic E-state index is 0.0719. The Labute approximate surface area is 162 Å². The van der Waals surface area contributed by atoms with Crippen LogP contribution in [0.3, 0.4) is 0 Å². The quantitative estimate of drug-likeness (QED) is 0.529. The zero-order valence-electron chi connectivity index (χ0n) is 15.2. The van der Waals surface area contributed by atoms with Gasteiger partial charge < -0.3 is 13.9 Å². The molecule has 2 aromatic carbocycles. The van der Waals surface area contributed by atoms with E-state index in [2.05, 4.69) is 11.9 Å². The summed E-state index contributed by atoms with van der Waals surface area (Å²) in [6, 6.07) is 12.5. The largest absolute Gasteiger partial charge is 0.493 e. The Morgan fingerprint density at radius 1 is 1.22 bits per heavy atom. The molecule has 3 rings (SSSR count). The average Bonchev–Trinajstić information content (AvgIpc) is 2.69. The highest BCUT2D eigenvalue weighted by Crippen LogP contribution is 2.30. The van der Waals surface area contributed by atoms with Gasteiger partial charge in [0.1, 0.15) is 5.03 Å². The van der Waals surface area contributed by atoms with Crippen LogP contribution in [0.1, 0.15) is 31.2 Å². The summed E-state index contributed by atoms with van der Waals surface area (Å²) in [5.41, 5.74) is 0.837. The van der Waals surface area contributed by atoms with Gasteiger partial charge in [-0.05, 0) is 42.3 Å². The summed E-state index contributed by atoms with van der Waals surface area (Å²) in [6.45, 7) is 2.74. The zero-order valence-corrected chi connectivity index (χ0v) is 16.0. The van der Waals surface area contributed by atoms with E-state index in [4.69, 9.17) is 25.5 Å². The van der Waals surface area contributed by atoms with E-state index in [-0.39, 0.29) is 10.9 Å². The third-order valence-corrected chi connectivity index (χ3v) is 4.25. The molecule has 0 bridgehead atoms. The number of aromatic nitrogens is 1. The molecule has 5 nitrogen and oxygen atoms in total. The number of para-hydroxylation sites is 1. The summed E-state index contributed by atoms with van der Waals surface area (Å²) < 4.78 is 16.4. The Morgan fingerprint density at radius 3 is 2.81 bits per heavy atom. The molecule has 3 aromatic rings. The number of rotatable bonds is 7. The van der Waals surface area contributed by atoms with Gasteiger partial charge in [0.15, 0.2) is 11.5 Å². The summed E-state index contributed by atoms with van der Waals surface area (Å²) in [6.07, 6.45) is 3.70. The van der Waals surface area contributed by atoms with E-state index in [9.17, 15) is 4.79 Å². The fraction of sp³-hybridized carbons (Fsp3) is 0.238. The summed E-state index contributed by atoms with van der Waals surface area (Å²) in [4.78, 5) is 16.4. The van der Waals surface area contributed by atoms with Crippen LogP contribution >= 0.6 is 11.6 Å². The molecule has 0 fully saturated rings. The van der Waals surface area contributed by atoms with E-state index in [1.807, 2.05) is 18.2 Å². The summed E-state index contributed by atoms with van der Waals surface area (Å²) in [5.74, 6) is 1.36. The summed E-state index contributed by atoms with van der Waals surface area (Å²) in [7, 11) is 1.58. The maximum absolute atomic E-state index is 12.1. The maximum Gasteiger partial charge on any atom is 0.347 e. The van der Waals surface area contributed by atoms with E-state index in [0.717, 1.165) is 18.4 Å². The number of unbranched alkanes of at least 4 members (excludes halogenated alkanes) is 1. The van der Waals surface area contributed by atoms with Crippen molar-refractivity contribution in [3.63, 3.8) is 0 Å². The zero-order chi connectivity index (χ0) is 19.2. The molecule has 140 valence electrons. The van der Waals surface area contributed by atoms with Gasteiger partial charge in [-0.3, -0.25) is 0 Å². The van der Waals surface area contributed by atoms with Crippen molar-refractivity contribution in [3.05, 3.63) is 64.3 Å². The number of ether oxygens (including phenoxy) is 2. The molecule has 0 unspecified atom stereocenters. The molecule has 1 heterocycles. The van der Waals surface area contributed by atoms with Crippen LogP contribution in [-0.2, 0) is 0 Å². The molecular formula is C21H20ClNO4. The highest BCUT2D eigenvalue weighted by Gasteiger charge is 2.10. The fourth-order valence-corrected chi connectivity index (χ4v) is 2.76. The highest BCUT2D eigenvalue weighted by molar-refractivity contribution is 6.50. The van der Waals surface area contributed by atoms with Crippen LogP contribution in [0, 0.1) is 0 Å². The topological polar surface area (TPSA) is 61.6 Å². The maximum atomic E-state index is 12.1. The first kappa shape index (κ1) is 19.0. The second-order valence-electron chi connectivity index (χ2n) is 5.93. The van der Waals surface area contributed by atoms with E-state index in [1.54, 1.807) is 37.5 Å². The number of halogens is 1. The molecule has 0 radical (unpaired) electrons. The number of benzene rings is 2. The van der Waals surface area contributed by atoms with Crippen LogP contribution in [0.5, 0.6) is 11.5 Å². The van der Waals surface area contributed by atoms with Gasteiger partial charge in [0.25, 0.3) is 0 Å². The molecule has 0 aliphatic rings. The van der Waals surface area contributed by atoms with Crippen LogP contribution in [0.25, 0.3) is 22.0 Å². The van der Waals surface area contributed by atoms with Gasteiger partial charge in [-0.2, -0.15) is 0 Å². The lowest BCUT2D eigenvalue weighted by atomic mass is 10.2. The van der Waals surface area contributed by atoms with Gasteiger partial charge in [0.05, 0.1) is 24.6 Å². The van der Waals surface area contributed by atoms with Gasteiger partial charge in [-0.1, -0.05) is 43.1 Å². The molecule has 0 amide bonds. The van der Waals surface area contributed by atoms with Gasteiger partial charge >= 0.3 is 5.63 Å². The minimum Gasteiger partial charge on any atom is -0.493 e. The monoisotopic (exact) mass is 385 g/mol. The number of fused-ring (bicyclic) bond motifs is 1. The van der Waals surface area contributed by atoms with E-state index < -0.39 is 5.63 Å². The van der Waals surface area contributed by atoms with Gasteiger partial charge in [-0.15, -0.1) is 0 Å². The SMILES string of the molecule is CCCCOc1ccc(/C=C(\Cl)c2nc3ccccc3c(=O)o2)cc1OC. The third-order valence-electron chi connectivity index (χ3n) is 3.98. The van der Waals surface area contributed by atoms with Crippen molar-refractivity contribution in [2.75, 3.05) is 13.7 Å². The Bertz CT molecular complexity index is 1030. The third kappa shape index (κ3) is 4.49. The van der Waals surface area contributed by atoms with Crippen LogP contribution in [0.2, 0.25) is 0 Å². The van der Waals surface area contributed by atoms with Crippen LogP contribution in [0.15, 0.2) is 51.7 Å². The second kappa shape index (κ2) is 8.73. The lowest BCUT2D eigenvalue weighted by molar-refractivity contribution is 0.288. The van der Waals surface area contributed by atoms with Crippen molar-refractivity contribution in [2.45, 2.75) is 19.8 Å². The normalized spacial score (nSPS) is 11.6. The Hall–Kier alpha value is -2.79. The number of hydrogen-bond donors (Lipinski definition) is 0. The lowest BCUT2D eigenvalue weighted by Gasteiger charge is -2.11. The molecule has 0 aliphatic heterocycles. The lowest BCUT2D eigenvalue weighted by Crippen LogP contribution is -2.03. The average molecular weight is 386 g/mol. The van der Waals surface area contributed by atoms with Crippen molar-refractivity contribution in [1.82, 2.24) is 4.98 Å². The first-order valence-corrected chi connectivity index (χ1v) is 9.08. The standard InChI is InChI=1S/C21H20ClNO4/c1-3-4-11-26-18-10-9-14(13-19(18)25-2)12-16(22)20-23-17-8-6-5-7-15(17)21(24)27-20/h5-10,12-13H,3-4,11H2,1-2H3/b16-12-. The van der Waals surface area contributed by atoms with Crippen LogP contribution in [-0.4, -0.2) is 18.7 Å². The Balaban J connectivity index is 1.90. The van der Waals surface area contributed by atoms with Crippen molar-refractivity contribution >= 4 is 33.6 Å². The summed E-state index contributed by atoms with van der Waals surface area (Å²) in [5, 5.41) is 0.639. The van der Waals surface area contributed by atoms with Crippen molar-refractivity contribution in [1.29, 1.82) is 0 Å². The summed E-state index contributed by atoms with van der Waals surface area (Å²) >= 11 is 6.34. The number of nitrogens with zero attached hydrogens (tertiary/aromatic N) is 1. The predicted molar refractivity (Wildman–Crippen MR) is 107 cm³/mol. The molecule has 1 aromatic heterocycles. The first-order chi connectivity index (χ1) is 13.1. The highest BCUT2D eigenvalue weighted by atomic mass is 35.5. The Kier molecular flexibility index (Phi) is 6.14. The van der Waals surface area contributed by atoms with Crippen molar-refractivity contribution < 1.29 is 13.9 Å². The van der Waals surface area contributed by atoms with E-state index >= 15 is 0 Å².